The molecule has 4 aromatic heterocycles. The highest BCUT2D eigenvalue weighted by Gasteiger charge is 2.24. The summed E-state index contributed by atoms with van der Waals surface area (Å²) in [5.41, 5.74) is 3.31. The largest absolute Gasteiger partial charge is 0.378 e. The van der Waals surface area contributed by atoms with E-state index in [1.54, 1.807) is 0 Å². The number of fused-ring (bicyclic) bond motifs is 2. The Morgan fingerprint density at radius 3 is 2.82 bits per heavy atom. The zero-order valence-corrected chi connectivity index (χ0v) is 18.9. The number of ether oxygens (including phenoxy) is 2. The fraction of sp³-hybridized carbons (Fsp3) is 0.500. The first-order valence-corrected chi connectivity index (χ1v) is 11.4. The monoisotopic (exact) mass is 449 g/mol. The highest BCUT2D eigenvalue weighted by molar-refractivity contribution is 5.82. The zero-order valence-electron chi connectivity index (χ0n) is 18.9. The minimum Gasteiger partial charge on any atom is -0.378 e. The number of morpholine rings is 1. The molecule has 1 N–H and O–H groups in total. The summed E-state index contributed by atoms with van der Waals surface area (Å²) in [6, 6.07) is 2.13. The second kappa shape index (κ2) is 8.23. The summed E-state index contributed by atoms with van der Waals surface area (Å²) < 4.78 is 15.7. The number of pyridine rings is 1. The Morgan fingerprint density at radius 1 is 1.15 bits per heavy atom. The van der Waals surface area contributed by atoms with Crippen LogP contribution in [-0.4, -0.2) is 80.2 Å². The summed E-state index contributed by atoms with van der Waals surface area (Å²) in [6.45, 7) is 6.56. The molecule has 1 atom stereocenters. The maximum Gasteiger partial charge on any atom is 0.203 e. The molecule has 33 heavy (non-hydrogen) atoms. The molecule has 0 spiro atoms. The first-order valence-electron chi connectivity index (χ1n) is 11.4. The third kappa shape index (κ3) is 3.57. The van der Waals surface area contributed by atoms with E-state index in [1.165, 1.54) is 0 Å². The molecule has 2 fully saturated rings. The Hall–Kier alpha value is -3.31. The maximum atomic E-state index is 5.99. The van der Waals surface area contributed by atoms with Crippen molar-refractivity contribution in [2.24, 2.45) is 0 Å². The lowest BCUT2D eigenvalue weighted by atomic mass is 10.2. The van der Waals surface area contributed by atoms with Crippen LogP contribution in [0.3, 0.4) is 0 Å². The Balaban J connectivity index is 1.51. The van der Waals surface area contributed by atoms with Crippen molar-refractivity contribution in [3.63, 3.8) is 0 Å². The summed E-state index contributed by atoms with van der Waals surface area (Å²) in [5, 5.41) is 11.6. The van der Waals surface area contributed by atoms with Crippen molar-refractivity contribution in [1.29, 1.82) is 0 Å². The minimum atomic E-state index is 0.158. The number of rotatable bonds is 5. The van der Waals surface area contributed by atoms with Crippen LogP contribution in [0.15, 0.2) is 18.5 Å². The van der Waals surface area contributed by atoms with Crippen molar-refractivity contribution in [3.05, 3.63) is 24.3 Å². The van der Waals surface area contributed by atoms with Crippen molar-refractivity contribution in [2.45, 2.75) is 32.4 Å². The van der Waals surface area contributed by atoms with Gasteiger partial charge in [0.2, 0.25) is 5.65 Å². The maximum absolute atomic E-state index is 5.99. The Bertz CT molecular complexity index is 1300. The molecule has 4 aromatic rings. The zero-order chi connectivity index (χ0) is 22.4. The molecule has 6 heterocycles. The molecule has 0 amide bonds. The van der Waals surface area contributed by atoms with Gasteiger partial charge in [-0.1, -0.05) is 0 Å². The molecular weight excluding hydrogens is 422 g/mol. The predicted octanol–water partition coefficient (Wildman–Crippen LogP) is 1.90. The summed E-state index contributed by atoms with van der Waals surface area (Å²) in [4.78, 5) is 16.8. The van der Waals surface area contributed by atoms with Crippen molar-refractivity contribution >= 4 is 28.3 Å². The van der Waals surface area contributed by atoms with Crippen molar-refractivity contribution in [1.82, 2.24) is 34.1 Å². The van der Waals surface area contributed by atoms with Gasteiger partial charge in [0.15, 0.2) is 11.6 Å². The van der Waals surface area contributed by atoms with E-state index in [2.05, 4.69) is 31.0 Å². The second-order valence-corrected chi connectivity index (χ2v) is 8.48. The van der Waals surface area contributed by atoms with Gasteiger partial charge in [-0.25, -0.2) is 15.0 Å². The molecular formula is C22H27N9O2. The number of hydrogen-bond donors (Lipinski definition) is 1. The number of imidazole rings is 1. The topological polar surface area (TPSA) is 108 Å². The molecule has 0 aromatic carbocycles. The van der Waals surface area contributed by atoms with Crippen molar-refractivity contribution in [2.75, 3.05) is 50.2 Å². The fourth-order valence-corrected chi connectivity index (χ4v) is 4.64. The molecule has 2 saturated heterocycles. The lowest BCUT2D eigenvalue weighted by molar-refractivity contribution is 0.0982. The average molecular weight is 450 g/mol. The number of nitrogens with one attached hydrogen (secondary N) is 1. The first kappa shape index (κ1) is 20.3. The van der Waals surface area contributed by atoms with Crippen LogP contribution in [0.25, 0.3) is 28.2 Å². The van der Waals surface area contributed by atoms with Gasteiger partial charge in [0.25, 0.3) is 0 Å². The van der Waals surface area contributed by atoms with Gasteiger partial charge in [-0.2, -0.15) is 0 Å². The van der Waals surface area contributed by atoms with Crippen LogP contribution in [-0.2, 0) is 16.0 Å². The van der Waals surface area contributed by atoms with E-state index in [0.717, 1.165) is 79.9 Å². The third-order valence-electron chi connectivity index (χ3n) is 6.39. The predicted molar refractivity (Wildman–Crippen MR) is 124 cm³/mol. The van der Waals surface area contributed by atoms with Crippen LogP contribution in [0.5, 0.6) is 0 Å². The number of anilines is 2. The Morgan fingerprint density at radius 2 is 2.03 bits per heavy atom. The Kier molecular flexibility index (Phi) is 5.07. The summed E-state index contributed by atoms with van der Waals surface area (Å²) in [6.07, 6.45) is 6.09. The highest BCUT2D eigenvalue weighted by Crippen LogP contribution is 2.29. The summed E-state index contributed by atoms with van der Waals surface area (Å²) in [5.74, 6) is 3.19. The number of hydrogen-bond acceptors (Lipinski definition) is 9. The van der Waals surface area contributed by atoms with E-state index >= 15 is 0 Å². The fourth-order valence-electron chi connectivity index (χ4n) is 4.64. The number of nitrogens with zero attached hydrogens (tertiary/aromatic N) is 8. The van der Waals surface area contributed by atoms with Crippen LogP contribution >= 0.6 is 0 Å². The van der Waals surface area contributed by atoms with Crippen molar-refractivity contribution < 1.29 is 9.47 Å². The van der Waals surface area contributed by atoms with E-state index in [4.69, 9.17) is 24.4 Å². The van der Waals surface area contributed by atoms with Gasteiger partial charge in [0.05, 0.1) is 37.6 Å². The van der Waals surface area contributed by atoms with E-state index in [0.29, 0.717) is 18.0 Å². The normalized spacial score (nSPS) is 19.1. The molecule has 0 saturated carbocycles. The van der Waals surface area contributed by atoms with Crippen LogP contribution < -0.4 is 10.2 Å². The second-order valence-electron chi connectivity index (χ2n) is 8.48. The summed E-state index contributed by atoms with van der Waals surface area (Å²) >= 11 is 0. The molecule has 172 valence electrons. The molecule has 0 aliphatic carbocycles. The van der Waals surface area contributed by atoms with Gasteiger partial charge in [-0.3, -0.25) is 4.40 Å². The SMILES string of the molecule is CNc1nc(-c2nc3cnc(N4CCOCC4)cc3n2CC2CCCO2)cn2c(C)nnc12. The van der Waals surface area contributed by atoms with E-state index in [1.807, 2.05) is 30.8 Å². The van der Waals surface area contributed by atoms with Crippen molar-refractivity contribution in [3.8, 4) is 11.5 Å². The smallest absolute Gasteiger partial charge is 0.203 e. The van der Waals surface area contributed by atoms with Gasteiger partial charge in [0.1, 0.15) is 22.9 Å². The standard InChI is InChI=1S/C22H27N9O2/c1-14-27-28-22-20(23-2)25-17(13-30(14)22)21-26-16-11-24-19(29-5-8-32-9-6-29)10-18(16)31(21)12-15-4-3-7-33-15/h10-11,13,15H,3-9,12H2,1-2H3,(H,23,25). The number of aromatic nitrogens is 7. The van der Waals surface area contributed by atoms with Gasteiger partial charge in [-0.15, -0.1) is 10.2 Å². The van der Waals surface area contributed by atoms with E-state index in [9.17, 15) is 0 Å². The molecule has 11 nitrogen and oxygen atoms in total. The van der Waals surface area contributed by atoms with E-state index < -0.39 is 0 Å². The van der Waals surface area contributed by atoms with Crippen LogP contribution in [0.1, 0.15) is 18.7 Å². The minimum absolute atomic E-state index is 0.158. The van der Waals surface area contributed by atoms with E-state index in [-0.39, 0.29) is 6.10 Å². The molecule has 0 radical (unpaired) electrons. The molecule has 2 aliphatic rings. The molecule has 0 bridgehead atoms. The molecule has 2 aliphatic heterocycles. The lowest BCUT2D eigenvalue weighted by Gasteiger charge is -2.27. The highest BCUT2D eigenvalue weighted by atomic mass is 16.5. The van der Waals surface area contributed by atoms with Crippen LogP contribution in [0.4, 0.5) is 11.6 Å². The van der Waals surface area contributed by atoms with Gasteiger partial charge in [0, 0.05) is 39.0 Å². The van der Waals surface area contributed by atoms with Crippen LogP contribution in [0.2, 0.25) is 0 Å². The average Bonchev–Trinajstić information content (AvgIpc) is 3.59. The summed E-state index contributed by atoms with van der Waals surface area (Å²) in [7, 11) is 1.84. The third-order valence-corrected chi connectivity index (χ3v) is 6.39. The Labute approximate surface area is 190 Å². The quantitative estimate of drug-likeness (QED) is 0.489. The number of aryl methyl sites for hydroxylation is 1. The molecule has 11 heteroatoms. The first-order chi connectivity index (χ1) is 16.2. The lowest BCUT2D eigenvalue weighted by Crippen LogP contribution is -2.36. The molecule has 1 unspecified atom stereocenters. The van der Waals surface area contributed by atoms with Gasteiger partial charge < -0.3 is 24.3 Å². The van der Waals surface area contributed by atoms with Gasteiger partial charge >= 0.3 is 0 Å². The van der Waals surface area contributed by atoms with Gasteiger partial charge in [-0.05, 0) is 19.8 Å². The molecule has 6 rings (SSSR count). The van der Waals surface area contributed by atoms with Crippen LogP contribution in [0, 0.1) is 6.92 Å².